The van der Waals surface area contributed by atoms with Crippen molar-refractivity contribution >= 4 is 11.7 Å². The number of carbonyl (C=O) groups is 1. The van der Waals surface area contributed by atoms with Crippen molar-refractivity contribution in [3.8, 4) is 0 Å². The summed E-state index contributed by atoms with van der Waals surface area (Å²) in [5, 5.41) is 5.97. The van der Waals surface area contributed by atoms with Crippen molar-refractivity contribution < 1.29 is 4.79 Å². The van der Waals surface area contributed by atoms with Crippen molar-refractivity contribution in [2.24, 2.45) is 5.92 Å². The number of amides is 1. The Hall–Kier alpha value is -1.62. The average Bonchev–Trinajstić information content (AvgIpc) is 2.94. The highest BCUT2D eigenvalue weighted by atomic mass is 16.1. The zero-order chi connectivity index (χ0) is 14.5. The molecule has 1 aromatic rings. The molecule has 2 N–H and O–H groups in total. The van der Waals surface area contributed by atoms with Crippen LogP contribution in [0.2, 0.25) is 0 Å². The summed E-state index contributed by atoms with van der Waals surface area (Å²) in [5.41, 5.74) is 0.656. The summed E-state index contributed by atoms with van der Waals surface area (Å²) >= 11 is 0. The Balaban J connectivity index is 1.83. The van der Waals surface area contributed by atoms with Gasteiger partial charge in [0, 0.05) is 37.9 Å². The highest BCUT2D eigenvalue weighted by molar-refractivity contribution is 5.94. The minimum Gasteiger partial charge on any atom is -0.373 e. The van der Waals surface area contributed by atoms with Crippen molar-refractivity contribution in [1.82, 2.24) is 15.2 Å². The maximum absolute atomic E-state index is 12.1. The Morgan fingerprint density at radius 3 is 3.00 bits per heavy atom. The molecule has 1 aliphatic heterocycles. The van der Waals surface area contributed by atoms with Gasteiger partial charge in [-0.1, -0.05) is 0 Å². The van der Waals surface area contributed by atoms with Gasteiger partial charge in [0.2, 0.25) is 0 Å². The van der Waals surface area contributed by atoms with Crippen LogP contribution in [0.3, 0.4) is 0 Å². The lowest BCUT2D eigenvalue weighted by molar-refractivity contribution is 0.0947. The van der Waals surface area contributed by atoms with Gasteiger partial charge in [-0.05, 0) is 44.9 Å². The van der Waals surface area contributed by atoms with Crippen LogP contribution in [-0.4, -0.2) is 48.5 Å². The van der Waals surface area contributed by atoms with E-state index in [0.717, 1.165) is 26.1 Å². The first-order chi connectivity index (χ1) is 9.60. The Bertz CT molecular complexity index is 461. The molecule has 1 atom stereocenters. The predicted molar refractivity (Wildman–Crippen MR) is 80.9 cm³/mol. The molecule has 5 nitrogen and oxygen atoms in total. The van der Waals surface area contributed by atoms with Crippen LogP contribution in [0.25, 0.3) is 0 Å². The minimum atomic E-state index is -0.0214. The fourth-order valence-electron chi connectivity index (χ4n) is 2.55. The third-order valence-corrected chi connectivity index (χ3v) is 3.88. The van der Waals surface area contributed by atoms with Gasteiger partial charge in [-0.3, -0.25) is 4.79 Å². The van der Waals surface area contributed by atoms with Crippen molar-refractivity contribution in [2.75, 3.05) is 32.0 Å². The van der Waals surface area contributed by atoms with Gasteiger partial charge in [0.05, 0.1) is 0 Å². The fourth-order valence-corrected chi connectivity index (χ4v) is 2.55. The molecular weight excluding hydrogens is 252 g/mol. The molecule has 0 bridgehead atoms. The van der Waals surface area contributed by atoms with Gasteiger partial charge in [0.15, 0.2) is 0 Å². The zero-order valence-electron chi connectivity index (χ0n) is 12.5. The van der Waals surface area contributed by atoms with E-state index in [1.54, 1.807) is 25.4 Å². The summed E-state index contributed by atoms with van der Waals surface area (Å²) in [6, 6.07) is 4.10. The maximum Gasteiger partial charge on any atom is 0.251 e. The SMILES string of the molecule is CNc1cc(C(=O)NCC2CCN(C(C)C)C2)ccn1. The van der Waals surface area contributed by atoms with Crippen LogP contribution in [0.5, 0.6) is 0 Å². The van der Waals surface area contributed by atoms with Crippen LogP contribution in [0.15, 0.2) is 18.3 Å². The number of nitrogens with zero attached hydrogens (tertiary/aromatic N) is 2. The Labute approximate surface area is 120 Å². The van der Waals surface area contributed by atoms with E-state index in [1.165, 1.54) is 0 Å². The first-order valence-corrected chi connectivity index (χ1v) is 7.26. The lowest BCUT2D eigenvalue weighted by Crippen LogP contribution is -2.33. The zero-order valence-corrected chi connectivity index (χ0v) is 12.5. The van der Waals surface area contributed by atoms with E-state index in [-0.39, 0.29) is 5.91 Å². The van der Waals surface area contributed by atoms with Gasteiger partial charge in [-0.25, -0.2) is 4.98 Å². The molecule has 0 aromatic carbocycles. The molecule has 1 fully saturated rings. The normalized spacial score (nSPS) is 19.3. The molecule has 0 aliphatic carbocycles. The number of aromatic nitrogens is 1. The first kappa shape index (κ1) is 14.8. The molecule has 1 aromatic heterocycles. The molecule has 1 amide bonds. The fraction of sp³-hybridized carbons (Fsp3) is 0.600. The van der Waals surface area contributed by atoms with Crippen molar-refractivity contribution in [3.05, 3.63) is 23.9 Å². The highest BCUT2D eigenvalue weighted by Crippen LogP contribution is 2.17. The molecule has 0 spiro atoms. The smallest absolute Gasteiger partial charge is 0.251 e. The molecule has 110 valence electrons. The topological polar surface area (TPSA) is 57.3 Å². The first-order valence-electron chi connectivity index (χ1n) is 7.26. The lowest BCUT2D eigenvalue weighted by atomic mass is 10.1. The molecule has 0 saturated carbocycles. The lowest BCUT2D eigenvalue weighted by Gasteiger charge is -2.20. The van der Waals surface area contributed by atoms with E-state index in [9.17, 15) is 4.79 Å². The molecule has 1 aliphatic rings. The summed E-state index contributed by atoms with van der Waals surface area (Å²) < 4.78 is 0. The van der Waals surface area contributed by atoms with Crippen LogP contribution in [0.1, 0.15) is 30.6 Å². The second kappa shape index (κ2) is 6.70. The third-order valence-electron chi connectivity index (χ3n) is 3.88. The van der Waals surface area contributed by atoms with Crippen molar-refractivity contribution in [1.29, 1.82) is 0 Å². The van der Waals surface area contributed by atoms with E-state index in [1.807, 2.05) is 0 Å². The molecule has 0 radical (unpaired) electrons. The Kier molecular flexibility index (Phi) is 4.95. The van der Waals surface area contributed by atoms with Crippen molar-refractivity contribution in [2.45, 2.75) is 26.3 Å². The standard InChI is InChI=1S/C15H24N4O/c1-11(2)19-7-5-12(10-19)9-18-15(20)13-4-6-17-14(8-13)16-3/h4,6,8,11-12H,5,7,9-10H2,1-3H3,(H,16,17)(H,18,20). The van der Waals surface area contributed by atoms with E-state index in [2.05, 4.69) is 34.4 Å². The van der Waals surface area contributed by atoms with Gasteiger partial charge < -0.3 is 15.5 Å². The molecular formula is C15H24N4O. The van der Waals surface area contributed by atoms with Crippen LogP contribution in [-0.2, 0) is 0 Å². The largest absolute Gasteiger partial charge is 0.373 e. The molecule has 1 unspecified atom stereocenters. The van der Waals surface area contributed by atoms with Gasteiger partial charge in [0.1, 0.15) is 5.82 Å². The molecule has 5 heteroatoms. The summed E-state index contributed by atoms with van der Waals surface area (Å²) in [6.07, 6.45) is 2.81. The van der Waals surface area contributed by atoms with Gasteiger partial charge in [0.25, 0.3) is 5.91 Å². The summed E-state index contributed by atoms with van der Waals surface area (Å²) in [5.74, 6) is 1.25. The molecule has 1 saturated heterocycles. The number of pyridine rings is 1. The number of hydrogen-bond acceptors (Lipinski definition) is 4. The summed E-state index contributed by atoms with van der Waals surface area (Å²) in [7, 11) is 1.79. The molecule has 20 heavy (non-hydrogen) atoms. The average molecular weight is 276 g/mol. The van der Waals surface area contributed by atoms with Crippen LogP contribution in [0.4, 0.5) is 5.82 Å². The molecule has 2 rings (SSSR count). The Morgan fingerprint density at radius 1 is 1.55 bits per heavy atom. The van der Waals surface area contributed by atoms with Gasteiger partial charge in [-0.2, -0.15) is 0 Å². The van der Waals surface area contributed by atoms with E-state index >= 15 is 0 Å². The summed E-state index contributed by atoms with van der Waals surface area (Å²) in [4.78, 5) is 18.7. The second-order valence-electron chi connectivity index (χ2n) is 5.63. The second-order valence-corrected chi connectivity index (χ2v) is 5.63. The van der Waals surface area contributed by atoms with E-state index in [4.69, 9.17) is 0 Å². The maximum atomic E-state index is 12.1. The summed E-state index contributed by atoms with van der Waals surface area (Å²) in [6.45, 7) is 7.40. The number of rotatable bonds is 5. The van der Waals surface area contributed by atoms with E-state index < -0.39 is 0 Å². The number of nitrogens with one attached hydrogen (secondary N) is 2. The number of likely N-dealkylation sites (tertiary alicyclic amines) is 1. The van der Waals surface area contributed by atoms with Crippen LogP contribution >= 0.6 is 0 Å². The predicted octanol–water partition coefficient (Wildman–Crippen LogP) is 1.58. The van der Waals surface area contributed by atoms with Gasteiger partial charge >= 0.3 is 0 Å². The number of anilines is 1. The van der Waals surface area contributed by atoms with Crippen LogP contribution in [0, 0.1) is 5.92 Å². The van der Waals surface area contributed by atoms with Crippen molar-refractivity contribution in [3.63, 3.8) is 0 Å². The monoisotopic (exact) mass is 276 g/mol. The van der Waals surface area contributed by atoms with E-state index in [0.29, 0.717) is 23.3 Å². The number of hydrogen-bond donors (Lipinski definition) is 2. The minimum absolute atomic E-state index is 0.0214. The Morgan fingerprint density at radius 2 is 2.35 bits per heavy atom. The molecule has 2 heterocycles. The third kappa shape index (κ3) is 3.70. The number of carbonyl (C=O) groups excluding carboxylic acids is 1. The van der Waals surface area contributed by atoms with Crippen LogP contribution < -0.4 is 10.6 Å². The highest BCUT2D eigenvalue weighted by Gasteiger charge is 2.24. The quantitative estimate of drug-likeness (QED) is 0.857. The van der Waals surface area contributed by atoms with Gasteiger partial charge in [-0.15, -0.1) is 0 Å².